The zero-order valence-electron chi connectivity index (χ0n) is 23.6. The number of amides is 1. The summed E-state index contributed by atoms with van der Waals surface area (Å²) < 4.78 is 36.6. The highest BCUT2D eigenvalue weighted by molar-refractivity contribution is 7.89. The summed E-state index contributed by atoms with van der Waals surface area (Å²) in [6, 6.07) is 14.1. The molecule has 1 unspecified atom stereocenters. The number of para-hydroxylation sites is 1. The molecule has 13 heteroatoms. The number of nitro benzene ring substituents is 1. The Morgan fingerprint density at radius 3 is 2.45 bits per heavy atom. The zero-order valence-corrected chi connectivity index (χ0v) is 24.4. The molecule has 12 nitrogen and oxygen atoms in total. The standard InChI is InChI=1S/C29H33N5O7S/c1-29(2,3)41-28(36)31-22-13-10-20(11-14-22)23(32-42(39,40)26-7-5-4-6-24(26)34(37)38)18-33-25-16-19(17-30)8-9-21(25)12-15-27(33)35/h4-9,12,15-16,20,22-23,32H,10-11,13-14,18H2,1-3H3,(H,31,36). The molecule has 1 amide bonds. The average Bonchev–Trinajstić information content (AvgIpc) is 2.93. The Morgan fingerprint density at radius 1 is 1.14 bits per heavy atom. The number of nitrogens with one attached hydrogen (secondary N) is 2. The number of hydrogen-bond donors (Lipinski definition) is 2. The van der Waals surface area contributed by atoms with E-state index in [4.69, 9.17) is 4.74 Å². The van der Waals surface area contributed by atoms with E-state index in [0.29, 0.717) is 42.1 Å². The number of carbonyl (C=O) groups excluding carboxylic acids is 1. The number of rotatable bonds is 8. The van der Waals surface area contributed by atoms with E-state index in [1.807, 2.05) is 0 Å². The van der Waals surface area contributed by atoms with Crippen molar-refractivity contribution in [2.75, 3.05) is 0 Å². The van der Waals surface area contributed by atoms with Crippen molar-refractivity contribution in [2.45, 2.75) is 75.6 Å². The number of nitrogens with zero attached hydrogens (tertiary/aromatic N) is 3. The van der Waals surface area contributed by atoms with Crippen LogP contribution in [0.4, 0.5) is 10.5 Å². The summed E-state index contributed by atoms with van der Waals surface area (Å²) in [5, 5.41) is 24.6. The van der Waals surface area contributed by atoms with Gasteiger partial charge in [0.2, 0.25) is 10.0 Å². The lowest BCUT2D eigenvalue weighted by atomic mass is 9.81. The number of sulfonamides is 1. The lowest BCUT2D eigenvalue weighted by Crippen LogP contribution is -2.48. The van der Waals surface area contributed by atoms with Crippen molar-refractivity contribution in [1.82, 2.24) is 14.6 Å². The highest BCUT2D eigenvalue weighted by atomic mass is 32.2. The minimum Gasteiger partial charge on any atom is -0.444 e. The maximum absolute atomic E-state index is 13.6. The topological polar surface area (TPSA) is 173 Å². The SMILES string of the molecule is CC(C)(C)OC(=O)NC1CCC(C(Cn2c(=O)ccc3ccc(C#N)cc32)NS(=O)(=O)c2ccccc2[N+](=O)[O-])CC1. The van der Waals surface area contributed by atoms with Crippen molar-refractivity contribution < 1.29 is 22.9 Å². The second kappa shape index (κ2) is 12.3. The number of hydrogen-bond acceptors (Lipinski definition) is 8. The third-order valence-electron chi connectivity index (χ3n) is 7.22. The smallest absolute Gasteiger partial charge is 0.407 e. The van der Waals surface area contributed by atoms with E-state index in [-0.39, 0.29) is 24.1 Å². The number of nitro groups is 1. The molecule has 1 aromatic heterocycles. The summed E-state index contributed by atoms with van der Waals surface area (Å²) in [5.74, 6) is -0.263. The van der Waals surface area contributed by atoms with E-state index in [9.17, 15) is 33.4 Å². The lowest BCUT2D eigenvalue weighted by molar-refractivity contribution is -0.387. The Balaban J connectivity index is 1.66. The molecule has 0 spiro atoms. The molecule has 222 valence electrons. The third kappa shape index (κ3) is 7.32. The van der Waals surface area contributed by atoms with Crippen molar-refractivity contribution in [3.05, 3.63) is 80.6 Å². The van der Waals surface area contributed by atoms with Gasteiger partial charge in [0.15, 0.2) is 4.90 Å². The van der Waals surface area contributed by atoms with Crippen LogP contribution in [0.25, 0.3) is 10.9 Å². The Hall–Kier alpha value is -4.28. The van der Waals surface area contributed by atoms with Crippen LogP contribution in [-0.4, -0.2) is 41.7 Å². The quantitative estimate of drug-likeness (QED) is 0.288. The van der Waals surface area contributed by atoms with Gasteiger partial charge in [0.25, 0.3) is 11.2 Å². The summed E-state index contributed by atoms with van der Waals surface area (Å²) in [7, 11) is -4.39. The highest BCUT2D eigenvalue weighted by Crippen LogP contribution is 2.31. The molecule has 1 aliphatic rings. The predicted molar refractivity (Wildman–Crippen MR) is 155 cm³/mol. The number of benzene rings is 2. The fourth-order valence-electron chi connectivity index (χ4n) is 5.26. The number of aromatic nitrogens is 1. The molecule has 1 heterocycles. The van der Waals surface area contributed by atoms with Crippen LogP contribution in [-0.2, 0) is 21.3 Å². The van der Waals surface area contributed by atoms with Crippen LogP contribution >= 0.6 is 0 Å². The van der Waals surface area contributed by atoms with Crippen molar-refractivity contribution in [3.63, 3.8) is 0 Å². The number of pyridine rings is 1. The van der Waals surface area contributed by atoms with Gasteiger partial charge in [-0.2, -0.15) is 5.26 Å². The molecule has 0 saturated heterocycles. The molecule has 0 bridgehead atoms. The van der Waals surface area contributed by atoms with E-state index in [1.54, 1.807) is 45.0 Å². The van der Waals surface area contributed by atoms with Crippen molar-refractivity contribution >= 4 is 32.7 Å². The Kier molecular flexibility index (Phi) is 8.98. The van der Waals surface area contributed by atoms with Gasteiger partial charge in [-0.1, -0.05) is 18.2 Å². The van der Waals surface area contributed by atoms with Gasteiger partial charge in [-0.05, 0) is 82.0 Å². The summed E-state index contributed by atoms with van der Waals surface area (Å²) in [6.45, 7) is 5.24. The molecule has 1 aliphatic carbocycles. The van der Waals surface area contributed by atoms with Crippen LogP contribution in [0.5, 0.6) is 0 Å². The second-order valence-corrected chi connectivity index (χ2v) is 13.1. The normalized spacial score (nSPS) is 18.1. The van der Waals surface area contributed by atoms with Gasteiger partial charge in [-0.3, -0.25) is 14.9 Å². The largest absolute Gasteiger partial charge is 0.444 e. The molecular formula is C29H33N5O7S. The van der Waals surface area contributed by atoms with E-state index >= 15 is 0 Å². The summed E-state index contributed by atoms with van der Waals surface area (Å²) >= 11 is 0. The molecule has 1 saturated carbocycles. The first-order valence-corrected chi connectivity index (χ1v) is 15.0. The fourth-order valence-corrected chi connectivity index (χ4v) is 6.73. The minimum atomic E-state index is -4.39. The molecule has 4 rings (SSSR count). The Morgan fingerprint density at radius 2 is 1.81 bits per heavy atom. The molecule has 1 fully saturated rings. The van der Waals surface area contributed by atoms with Gasteiger partial charge < -0.3 is 14.6 Å². The van der Waals surface area contributed by atoms with Crippen molar-refractivity contribution in [1.29, 1.82) is 5.26 Å². The number of carbonyl (C=O) groups is 1. The number of nitriles is 1. The molecule has 3 aromatic rings. The molecule has 0 aliphatic heterocycles. The maximum atomic E-state index is 13.6. The van der Waals surface area contributed by atoms with Crippen LogP contribution in [0.1, 0.15) is 52.0 Å². The van der Waals surface area contributed by atoms with Gasteiger partial charge in [0.05, 0.1) is 22.1 Å². The summed E-state index contributed by atoms with van der Waals surface area (Å²) in [5.41, 5.74) is -0.783. The van der Waals surface area contributed by atoms with Crippen molar-refractivity contribution in [2.24, 2.45) is 5.92 Å². The number of alkyl carbamates (subject to hydrolysis) is 1. The van der Waals surface area contributed by atoms with Crippen LogP contribution in [0.15, 0.2) is 64.3 Å². The molecular weight excluding hydrogens is 562 g/mol. The van der Waals surface area contributed by atoms with Gasteiger partial charge in [0.1, 0.15) is 5.60 Å². The van der Waals surface area contributed by atoms with Crippen molar-refractivity contribution in [3.8, 4) is 6.07 Å². The first kappa shape index (κ1) is 30.7. The van der Waals surface area contributed by atoms with Gasteiger partial charge in [0, 0.05) is 30.8 Å². The van der Waals surface area contributed by atoms with Crippen LogP contribution < -0.4 is 15.6 Å². The molecule has 2 N–H and O–H groups in total. The Labute approximate surface area is 243 Å². The molecule has 1 atom stereocenters. The number of fused-ring (bicyclic) bond motifs is 1. The van der Waals surface area contributed by atoms with Crippen LogP contribution in [0.3, 0.4) is 0 Å². The molecule has 2 aromatic carbocycles. The van der Waals surface area contributed by atoms with E-state index in [0.717, 1.165) is 6.07 Å². The second-order valence-electron chi connectivity index (χ2n) is 11.4. The monoisotopic (exact) mass is 595 g/mol. The van der Waals surface area contributed by atoms with Gasteiger partial charge in [-0.25, -0.2) is 17.9 Å². The van der Waals surface area contributed by atoms with Crippen LogP contribution in [0.2, 0.25) is 0 Å². The van der Waals surface area contributed by atoms with E-state index < -0.39 is 43.3 Å². The maximum Gasteiger partial charge on any atom is 0.407 e. The number of ether oxygens (including phenoxy) is 1. The predicted octanol–water partition coefficient (Wildman–Crippen LogP) is 4.21. The van der Waals surface area contributed by atoms with Gasteiger partial charge in [-0.15, -0.1) is 0 Å². The van der Waals surface area contributed by atoms with E-state index in [1.165, 1.54) is 28.8 Å². The average molecular weight is 596 g/mol. The fraction of sp³-hybridized carbons (Fsp3) is 0.414. The first-order chi connectivity index (χ1) is 19.8. The highest BCUT2D eigenvalue weighted by Gasteiger charge is 2.35. The Bertz CT molecular complexity index is 1700. The summed E-state index contributed by atoms with van der Waals surface area (Å²) in [6.07, 6.45) is 1.56. The lowest BCUT2D eigenvalue weighted by Gasteiger charge is -2.35. The first-order valence-electron chi connectivity index (χ1n) is 13.6. The summed E-state index contributed by atoms with van der Waals surface area (Å²) in [4.78, 5) is 35.7. The zero-order chi connectivity index (χ0) is 30.7. The molecule has 42 heavy (non-hydrogen) atoms. The third-order valence-corrected chi connectivity index (χ3v) is 8.76. The molecule has 0 radical (unpaired) electrons. The minimum absolute atomic E-state index is 0.0697. The van der Waals surface area contributed by atoms with Crippen LogP contribution in [0, 0.1) is 27.4 Å². The van der Waals surface area contributed by atoms with E-state index in [2.05, 4.69) is 16.1 Å². The van der Waals surface area contributed by atoms with Gasteiger partial charge >= 0.3 is 6.09 Å².